The monoisotopic (exact) mass is 492 g/mol. The molecule has 5 rings (SSSR count). The summed E-state index contributed by atoms with van der Waals surface area (Å²) in [5.41, 5.74) is 3.59. The molecule has 1 saturated carbocycles. The third kappa shape index (κ3) is 4.81. The van der Waals surface area contributed by atoms with Crippen LogP contribution in [-0.2, 0) is 9.53 Å². The molecule has 1 saturated heterocycles. The molecule has 1 aromatic carbocycles. The second-order valence-electron chi connectivity index (χ2n) is 10.3. The average Bonchev–Trinajstić information content (AvgIpc) is 3.36. The van der Waals surface area contributed by atoms with Gasteiger partial charge in [0.05, 0.1) is 24.1 Å². The molecule has 9 nitrogen and oxygen atoms in total. The number of likely N-dealkylation sites (tertiary alicyclic amines) is 1. The van der Waals surface area contributed by atoms with E-state index in [2.05, 4.69) is 44.5 Å². The summed E-state index contributed by atoms with van der Waals surface area (Å²) < 4.78 is 7.24. The highest BCUT2D eigenvalue weighted by Crippen LogP contribution is 2.35. The van der Waals surface area contributed by atoms with Gasteiger partial charge in [-0.3, -0.25) is 14.5 Å². The van der Waals surface area contributed by atoms with Crippen LogP contribution in [0.25, 0.3) is 10.9 Å². The van der Waals surface area contributed by atoms with Crippen molar-refractivity contribution in [2.24, 2.45) is 5.92 Å². The Morgan fingerprint density at radius 3 is 2.58 bits per heavy atom. The van der Waals surface area contributed by atoms with E-state index in [9.17, 15) is 9.59 Å². The molecule has 9 heteroatoms. The molecule has 3 heterocycles. The van der Waals surface area contributed by atoms with Gasteiger partial charge in [0.15, 0.2) is 5.82 Å². The number of hydrogen-bond acceptors (Lipinski definition) is 7. The second-order valence-corrected chi connectivity index (χ2v) is 10.3. The fraction of sp³-hybridized carbons (Fsp3) is 0.593. The molecule has 2 fully saturated rings. The summed E-state index contributed by atoms with van der Waals surface area (Å²) in [6.45, 7) is 7.64. The molecule has 0 unspecified atom stereocenters. The van der Waals surface area contributed by atoms with Crippen molar-refractivity contribution >= 4 is 16.9 Å². The Labute approximate surface area is 211 Å². The van der Waals surface area contributed by atoms with Gasteiger partial charge in [-0.2, -0.15) is 0 Å². The number of aromatic nitrogens is 5. The van der Waals surface area contributed by atoms with Crippen molar-refractivity contribution in [3.63, 3.8) is 0 Å². The van der Waals surface area contributed by atoms with Crippen LogP contribution in [-0.4, -0.2) is 55.8 Å². The number of pyridine rings is 1. The molecular weight excluding hydrogens is 456 g/mol. The topological polar surface area (TPSA) is 106 Å². The first-order valence-electron chi connectivity index (χ1n) is 13.3. The molecule has 1 aliphatic carbocycles. The van der Waals surface area contributed by atoms with Gasteiger partial charge in [0.2, 0.25) is 0 Å². The number of piperidine rings is 1. The fourth-order valence-electron chi connectivity index (χ4n) is 6.03. The van der Waals surface area contributed by atoms with Crippen molar-refractivity contribution in [1.82, 2.24) is 30.1 Å². The summed E-state index contributed by atoms with van der Waals surface area (Å²) in [5.74, 6) is 0.470. The Bertz CT molecular complexity index is 1280. The maximum Gasteiger partial charge on any atom is 0.309 e. The number of esters is 1. The van der Waals surface area contributed by atoms with E-state index >= 15 is 0 Å². The summed E-state index contributed by atoms with van der Waals surface area (Å²) in [4.78, 5) is 31.3. The average molecular weight is 493 g/mol. The van der Waals surface area contributed by atoms with Gasteiger partial charge in [-0.1, -0.05) is 30.9 Å². The number of carbonyl (C=O) groups is 1. The summed E-state index contributed by atoms with van der Waals surface area (Å²) in [6.07, 6.45) is 7.02. The Morgan fingerprint density at radius 1 is 1.11 bits per heavy atom. The van der Waals surface area contributed by atoms with E-state index in [0.717, 1.165) is 47.7 Å². The highest BCUT2D eigenvalue weighted by molar-refractivity contribution is 5.83. The van der Waals surface area contributed by atoms with E-state index in [4.69, 9.17) is 4.74 Å². The predicted molar refractivity (Wildman–Crippen MR) is 137 cm³/mol. The minimum atomic E-state index is -0.390. The zero-order chi connectivity index (χ0) is 25.2. The lowest BCUT2D eigenvalue weighted by molar-refractivity contribution is -0.149. The van der Waals surface area contributed by atoms with Crippen molar-refractivity contribution in [3.8, 4) is 0 Å². The maximum absolute atomic E-state index is 13.6. The highest BCUT2D eigenvalue weighted by Gasteiger charge is 2.36. The third-order valence-electron chi connectivity index (χ3n) is 7.81. The van der Waals surface area contributed by atoms with Crippen LogP contribution < -0.4 is 5.56 Å². The number of carbonyl (C=O) groups excluding carboxylic acids is 1. The first kappa shape index (κ1) is 24.6. The zero-order valence-corrected chi connectivity index (χ0v) is 21.5. The zero-order valence-electron chi connectivity index (χ0n) is 21.5. The molecule has 3 aromatic rings. The highest BCUT2D eigenvalue weighted by atomic mass is 16.5. The molecule has 1 N–H and O–H groups in total. The summed E-state index contributed by atoms with van der Waals surface area (Å²) in [5, 5.41) is 14.0. The van der Waals surface area contributed by atoms with Crippen LogP contribution >= 0.6 is 0 Å². The Kier molecular flexibility index (Phi) is 7.18. The lowest BCUT2D eigenvalue weighted by atomic mass is 9.92. The smallest absolute Gasteiger partial charge is 0.309 e. The number of nitrogens with zero attached hydrogens (tertiary/aromatic N) is 5. The minimum absolute atomic E-state index is 0.114. The minimum Gasteiger partial charge on any atom is -0.466 e. The SMILES string of the molecule is CCOC(=O)C1CCN([C@H](c2cc3cc(C)cc(C)c3[nH]c2=O)c2nnnn2C2CCCCC2)CC1. The Balaban J connectivity index is 1.56. The predicted octanol–water partition coefficient (Wildman–Crippen LogP) is 4.00. The number of aromatic amines is 1. The molecule has 192 valence electrons. The first-order valence-corrected chi connectivity index (χ1v) is 13.3. The van der Waals surface area contributed by atoms with Crippen molar-refractivity contribution < 1.29 is 9.53 Å². The quantitative estimate of drug-likeness (QED) is 0.518. The van der Waals surface area contributed by atoms with Gasteiger partial charge < -0.3 is 9.72 Å². The van der Waals surface area contributed by atoms with Gasteiger partial charge in [0.25, 0.3) is 5.56 Å². The number of fused-ring (bicyclic) bond motifs is 1. The third-order valence-corrected chi connectivity index (χ3v) is 7.81. The molecule has 1 atom stereocenters. The molecular formula is C27H36N6O3. The normalized spacial score (nSPS) is 19.0. The van der Waals surface area contributed by atoms with Gasteiger partial charge >= 0.3 is 5.97 Å². The van der Waals surface area contributed by atoms with Crippen LogP contribution in [0.3, 0.4) is 0 Å². The van der Waals surface area contributed by atoms with E-state index in [-0.39, 0.29) is 29.5 Å². The van der Waals surface area contributed by atoms with E-state index in [1.807, 2.05) is 24.6 Å². The summed E-state index contributed by atoms with van der Waals surface area (Å²) in [7, 11) is 0. The number of aryl methyl sites for hydroxylation is 2. The second kappa shape index (κ2) is 10.5. The summed E-state index contributed by atoms with van der Waals surface area (Å²) >= 11 is 0. The number of tetrazole rings is 1. The molecule has 0 bridgehead atoms. The molecule has 0 amide bonds. The molecule has 1 aliphatic heterocycles. The first-order chi connectivity index (χ1) is 17.5. The Hall–Kier alpha value is -3.07. The number of hydrogen-bond donors (Lipinski definition) is 1. The number of H-pyrrole nitrogens is 1. The van der Waals surface area contributed by atoms with Crippen molar-refractivity contribution in [2.75, 3.05) is 19.7 Å². The van der Waals surface area contributed by atoms with Crippen LogP contribution in [0.2, 0.25) is 0 Å². The van der Waals surface area contributed by atoms with Crippen LogP contribution in [0.1, 0.15) is 86.5 Å². The van der Waals surface area contributed by atoms with Crippen LogP contribution in [0.15, 0.2) is 23.0 Å². The van der Waals surface area contributed by atoms with Crippen LogP contribution in [0.5, 0.6) is 0 Å². The molecule has 2 aromatic heterocycles. The molecule has 36 heavy (non-hydrogen) atoms. The lowest BCUT2D eigenvalue weighted by Gasteiger charge is -2.36. The molecule has 0 spiro atoms. The number of ether oxygens (including phenoxy) is 1. The van der Waals surface area contributed by atoms with E-state index in [1.54, 1.807) is 0 Å². The van der Waals surface area contributed by atoms with Gasteiger partial charge in [-0.05, 0) is 80.0 Å². The fourth-order valence-corrected chi connectivity index (χ4v) is 6.03. The molecule has 0 radical (unpaired) electrons. The number of rotatable bonds is 6. The summed E-state index contributed by atoms with van der Waals surface area (Å²) in [6, 6.07) is 6.05. The standard InChI is InChI=1S/C27H36N6O3/c1-4-36-27(35)19-10-12-32(13-11-19)24(25-29-30-31-33(25)21-8-6-5-7-9-21)22-16-20-15-17(2)14-18(3)23(20)28-26(22)34/h14-16,19,21,24H,4-13H2,1-3H3,(H,28,34)/t24-/m1/s1. The van der Waals surface area contributed by atoms with Gasteiger partial charge in [-0.25, -0.2) is 4.68 Å². The van der Waals surface area contributed by atoms with E-state index in [0.29, 0.717) is 43.9 Å². The largest absolute Gasteiger partial charge is 0.466 e. The van der Waals surface area contributed by atoms with Gasteiger partial charge in [-0.15, -0.1) is 5.10 Å². The van der Waals surface area contributed by atoms with Crippen LogP contribution in [0, 0.1) is 19.8 Å². The lowest BCUT2D eigenvalue weighted by Crippen LogP contribution is -2.42. The number of benzene rings is 1. The van der Waals surface area contributed by atoms with Crippen molar-refractivity contribution in [1.29, 1.82) is 0 Å². The number of nitrogens with one attached hydrogen (secondary N) is 1. The van der Waals surface area contributed by atoms with Gasteiger partial charge in [0.1, 0.15) is 6.04 Å². The van der Waals surface area contributed by atoms with Crippen LogP contribution in [0.4, 0.5) is 0 Å². The van der Waals surface area contributed by atoms with E-state index < -0.39 is 0 Å². The van der Waals surface area contributed by atoms with Gasteiger partial charge in [0, 0.05) is 18.7 Å². The molecule has 2 aliphatic rings. The van der Waals surface area contributed by atoms with E-state index in [1.165, 1.54) is 6.42 Å². The maximum atomic E-state index is 13.6. The van der Waals surface area contributed by atoms with Crippen molar-refractivity contribution in [3.05, 3.63) is 51.1 Å². The Morgan fingerprint density at radius 2 is 1.86 bits per heavy atom. The van der Waals surface area contributed by atoms with Crippen molar-refractivity contribution in [2.45, 2.75) is 77.8 Å².